The summed E-state index contributed by atoms with van der Waals surface area (Å²) < 4.78 is 40.7. The lowest BCUT2D eigenvalue weighted by atomic mass is 10.1. The van der Waals surface area contributed by atoms with Gasteiger partial charge in [0.1, 0.15) is 17.1 Å². The number of fused-ring (bicyclic) bond motifs is 3. The number of alkyl halides is 3. The van der Waals surface area contributed by atoms with Crippen molar-refractivity contribution in [3.05, 3.63) is 59.9 Å². The average Bonchev–Trinajstić information content (AvgIpc) is 2.93. The topological polar surface area (TPSA) is 91.4 Å². The monoisotopic (exact) mass is 380 g/mol. The number of anilines is 3. The third-order valence-electron chi connectivity index (χ3n) is 4.08. The molecule has 2 aromatic carbocycles. The van der Waals surface area contributed by atoms with Crippen molar-refractivity contribution in [3.8, 4) is 5.75 Å². The number of nitrogens with two attached hydrogens (primary N) is 1. The van der Waals surface area contributed by atoms with Crippen LogP contribution in [-0.2, 0) is 4.79 Å². The van der Waals surface area contributed by atoms with E-state index in [0.29, 0.717) is 17.1 Å². The van der Waals surface area contributed by atoms with Gasteiger partial charge in [-0.15, -0.1) is 23.7 Å². The first kappa shape index (κ1) is 18.5. The molecule has 1 fully saturated rings. The molecule has 10 heteroatoms. The first-order valence-corrected chi connectivity index (χ1v) is 7.74. The molecule has 2 aromatic rings. The number of carbonyl (C=O) groups excluding carboxylic acids is 1. The average molecular weight is 380 g/mol. The van der Waals surface area contributed by atoms with Crippen molar-refractivity contribution in [1.29, 1.82) is 0 Å². The summed E-state index contributed by atoms with van der Waals surface area (Å²) >= 11 is 0. The Labute approximate surface area is 151 Å². The normalized spacial score (nSPS) is 15.8. The molecule has 0 radical (unpaired) electrons. The van der Waals surface area contributed by atoms with Crippen LogP contribution in [0.5, 0.6) is 5.75 Å². The van der Waals surface area contributed by atoms with Gasteiger partial charge in [0, 0.05) is 5.70 Å². The minimum Gasteiger partial charge on any atom is -0.870 e. The molecule has 2 aliphatic heterocycles. The fourth-order valence-electron chi connectivity index (χ4n) is 3.01. The number of hydrogen-bond donors (Lipinski definition) is 2. The van der Waals surface area contributed by atoms with Crippen LogP contribution in [0.1, 0.15) is 6.92 Å². The number of ether oxygens (including phenoxy) is 1. The molecule has 27 heavy (non-hydrogen) atoms. The molecule has 1 amide bonds. The Bertz CT molecular complexity index is 912. The van der Waals surface area contributed by atoms with Crippen LogP contribution in [-0.4, -0.2) is 17.7 Å². The van der Waals surface area contributed by atoms with Gasteiger partial charge >= 0.3 is 12.3 Å². The van der Waals surface area contributed by atoms with Gasteiger partial charge in [0.05, 0.1) is 5.69 Å². The number of nitrogens with zero attached hydrogens (tertiary/aromatic N) is 2. The maximum atomic E-state index is 12.8. The molecule has 0 aliphatic carbocycles. The number of para-hydroxylation sites is 2. The Morgan fingerprint density at radius 2 is 1.70 bits per heavy atom. The van der Waals surface area contributed by atoms with Crippen molar-refractivity contribution in [2.75, 3.05) is 15.3 Å². The quantitative estimate of drug-likeness (QED) is 0.616. The molecule has 0 atom stereocenters. The number of nitrogens with one attached hydrogen (secondary N) is 1. The minimum atomic E-state index is -4.75. The third kappa shape index (κ3) is 3.27. The standard InChI is InChI=1S/C17H13F3N4O2.H2O/c1-10-15-16(25)23(11-6-8-12(9-7-11)26-17(18,19)20)22-24(15)14-5-3-2-4-13(14)21-10;/h2-9,21-22H,1H3;1H2. The fourth-order valence-corrected chi connectivity index (χ4v) is 3.01. The summed E-state index contributed by atoms with van der Waals surface area (Å²) in [4.78, 5) is 12.8. The Kier molecular flexibility index (Phi) is 4.46. The van der Waals surface area contributed by atoms with E-state index in [1.54, 1.807) is 17.5 Å². The number of halogens is 3. The van der Waals surface area contributed by atoms with Crippen LogP contribution in [0.2, 0.25) is 0 Å². The van der Waals surface area contributed by atoms with Gasteiger partial charge in [-0.25, -0.2) is 0 Å². The van der Waals surface area contributed by atoms with Gasteiger partial charge in [0.25, 0.3) is 0 Å². The van der Waals surface area contributed by atoms with Crippen LogP contribution in [0.3, 0.4) is 0 Å². The minimum absolute atomic E-state index is 0. The van der Waals surface area contributed by atoms with Crippen LogP contribution >= 0.6 is 0 Å². The number of carbonyl (C=O) groups is 1. The summed E-state index contributed by atoms with van der Waals surface area (Å²) in [7, 11) is 0. The third-order valence-corrected chi connectivity index (χ3v) is 4.08. The van der Waals surface area contributed by atoms with Crippen molar-refractivity contribution >= 4 is 23.0 Å². The molecule has 2 aliphatic rings. The highest BCUT2D eigenvalue weighted by Gasteiger charge is 2.43. The van der Waals surface area contributed by atoms with Crippen molar-refractivity contribution in [2.24, 2.45) is 0 Å². The van der Waals surface area contributed by atoms with Crippen LogP contribution in [0.25, 0.3) is 0 Å². The predicted molar refractivity (Wildman–Crippen MR) is 89.7 cm³/mol. The Hall–Kier alpha value is -3.24. The molecule has 7 nitrogen and oxygen atoms in total. The number of amides is 1. The summed E-state index contributed by atoms with van der Waals surface area (Å²) in [5.41, 5.74) is 4.93. The van der Waals surface area contributed by atoms with Gasteiger partial charge in [-0.2, -0.15) is 5.01 Å². The van der Waals surface area contributed by atoms with E-state index >= 15 is 0 Å². The van der Waals surface area contributed by atoms with E-state index in [1.165, 1.54) is 29.3 Å². The zero-order valence-electron chi connectivity index (χ0n) is 14.0. The van der Waals surface area contributed by atoms with E-state index in [1.807, 2.05) is 24.3 Å². The SMILES string of the molecule is CC1=C2C(=O)N(c3ccc(OC(F)(F)F)cc3)[NH2+]N2c2ccccc2N1.[OH-]. The number of benzene rings is 2. The van der Waals surface area contributed by atoms with Crippen molar-refractivity contribution in [1.82, 2.24) is 0 Å². The summed E-state index contributed by atoms with van der Waals surface area (Å²) in [6.07, 6.45) is -4.75. The van der Waals surface area contributed by atoms with Crippen LogP contribution in [0.4, 0.5) is 30.2 Å². The molecule has 0 saturated carbocycles. The number of hydrogen-bond acceptors (Lipinski definition) is 5. The zero-order chi connectivity index (χ0) is 18.5. The second-order valence-electron chi connectivity index (χ2n) is 5.82. The zero-order valence-corrected chi connectivity index (χ0v) is 14.0. The molecular formula is C17H15F3N4O3. The van der Waals surface area contributed by atoms with Gasteiger partial charge in [-0.1, -0.05) is 12.1 Å². The van der Waals surface area contributed by atoms with Crippen LogP contribution in [0.15, 0.2) is 59.9 Å². The molecule has 1 saturated heterocycles. The van der Waals surface area contributed by atoms with Crippen molar-refractivity contribution in [3.63, 3.8) is 0 Å². The summed E-state index contributed by atoms with van der Waals surface area (Å²) in [5, 5.41) is 6.35. The van der Waals surface area contributed by atoms with E-state index in [0.717, 1.165) is 11.4 Å². The van der Waals surface area contributed by atoms with Gasteiger partial charge in [0.15, 0.2) is 5.70 Å². The molecule has 4 N–H and O–H groups in total. The summed E-state index contributed by atoms with van der Waals surface area (Å²) in [6.45, 7) is 1.80. The highest BCUT2D eigenvalue weighted by atomic mass is 19.4. The van der Waals surface area contributed by atoms with E-state index < -0.39 is 6.36 Å². The number of allylic oxidation sites excluding steroid dienone is 1. The highest BCUT2D eigenvalue weighted by molar-refractivity contribution is 6.09. The number of quaternary nitrogens is 1. The molecular weight excluding hydrogens is 365 g/mol. The second-order valence-corrected chi connectivity index (χ2v) is 5.82. The molecule has 2 heterocycles. The molecule has 142 valence electrons. The fraction of sp³-hybridized carbons (Fsp3) is 0.118. The summed E-state index contributed by atoms with van der Waals surface area (Å²) in [5.74, 6) is -0.609. The Morgan fingerprint density at radius 3 is 2.37 bits per heavy atom. The maximum absolute atomic E-state index is 12.8. The lowest BCUT2D eigenvalue weighted by Crippen LogP contribution is -2.98. The summed E-state index contributed by atoms with van der Waals surface area (Å²) in [6, 6.07) is 12.7. The van der Waals surface area contributed by atoms with E-state index in [9.17, 15) is 18.0 Å². The van der Waals surface area contributed by atoms with Gasteiger partial charge in [-0.05, 0) is 43.3 Å². The first-order valence-electron chi connectivity index (χ1n) is 7.74. The predicted octanol–water partition coefficient (Wildman–Crippen LogP) is 2.31. The Morgan fingerprint density at radius 1 is 1.04 bits per heavy atom. The lowest BCUT2D eigenvalue weighted by molar-refractivity contribution is -0.653. The van der Waals surface area contributed by atoms with E-state index in [2.05, 4.69) is 10.1 Å². The smallest absolute Gasteiger partial charge is 0.573 e. The van der Waals surface area contributed by atoms with Crippen LogP contribution in [0, 0.1) is 0 Å². The first-order chi connectivity index (χ1) is 12.3. The molecule has 0 aromatic heterocycles. The van der Waals surface area contributed by atoms with Gasteiger partial charge < -0.3 is 15.5 Å². The molecule has 0 bridgehead atoms. The maximum Gasteiger partial charge on any atom is 0.573 e. The van der Waals surface area contributed by atoms with Crippen molar-refractivity contribution < 1.29 is 33.7 Å². The number of rotatable bonds is 2. The lowest BCUT2D eigenvalue weighted by Gasteiger charge is -2.24. The molecule has 4 rings (SSSR count). The highest BCUT2D eigenvalue weighted by Crippen LogP contribution is 2.35. The van der Waals surface area contributed by atoms with E-state index in [4.69, 9.17) is 0 Å². The van der Waals surface area contributed by atoms with Gasteiger partial charge in [-0.3, -0.25) is 4.79 Å². The van der Waals surface area contributed by atoms with E-state index in [-0.39, 0.29) is 17.1 Å². The van der Waals surface area contributed by atoms with Crippen LogP contribution < -0.4 is 25.6 Å². The molecule has 0 spiro atoms. The Balaban J connectivity index is 0.00000210. The second kappa shape index (κ2) is 6.49. The van der Waals surface area contributed by atoms with Crippen molar-refractivity contribution in [2.45, 2.75) is 13.3 Å². The van der Waals surface area contributed by atoms with Gasteiger partial charge in [0.2, 0.25) is 0 Å². The molecule has 0 unspecified atom stereocenters. The largest absolute Gasteiger partial charge is 0.870 e.